The van der Waals surface area contributed by atoms with Crippen molar-refractivity contribution in [2.24, 2.45) is 0 Å². The number of thiazole rings is 1. The van der Waals surface area contributed by atoms with Crippen LogP contribution in [0.5, 0.6) is 0 Å². The molecule has 1 aromatic carbocycles. The third-order valence-corrected chi connectivity index (χ3v) is 5.20. The third kappa shape index (κ3) is 3.79. The lowest BCUT2D eigenvalue weighted by Crippen LogP contribution is -2.25. The molecule has 0 fully saturated rings. The number of benzene rings is 1. The van der Waals surface area contributed by atoms with Crippen molar-refractivity contribution in [1.82, 2.24) is 15.0 Å². The molecule has 0 atom stereocenters. The lowest BCUT2D eigenvalue weighted by Gasteiger charge is -2.24. The van der Waals surface area contributed by atoms with Gasteiger partial charge in [0, 0.05) is 36.8 Å². The second-order valence-corrected chi connectivity index (χ2v) is 7.19. The van der Waals surface area contributed by atoms with Gasteiger partial charge in [-0.1, -0.05) is 11.6 Å². The van der Waals surface area contributed by atoms with E-state index in [1.807, 2.05) is 10.3 Å². The van der Waals surface area contributed by atoms with Crippen LogP contribution in [0.25, 0.3) is 0 Å². The number of halogens is 3. The molecule has 2 N–H and O–H groups in total. The summed E-state index contributed by atoms with van der Waals surface area (Å²) in [4.78, 5) is 15.0. The molecule has 4 rings (SSSR count). The minimum atomic E-state index is -0.647. The highest BCUT2D eigenvalue weighted by molar-refractivity contribution is 7.13. The summed E-state index contributed by atoms with van der Waals surface area (Å²) >= 11 is 7.44. The first-order chi connectivity index (χ1) is 13.1. The lowest BCUT2D eigenvalue weighted by atomic mass is 10.2. The predicted octanol–water partition coefficient (Wildman–Crippen LogP) is 4.43. The Labute approximate surface area is 163 Å². The largest absolute Gasteiger partial charge is 0.367 e. The molecule has 0 aliphatic carbocycles. The van der Waals surface area contributed by atoms with Crippen LogP contribution in [0.1, 0.15) is 12.0 Å². The van der Waals surface area contributed by atoms with Crippen LogP contribution in [0.15, 0.2) is 29.9 Å². The number of nitrogens with one attached hydrogen (secondary N) is 2. The first-order valence-corrected chi connectivity index (χ1v) is 9.52. The van der Waals surface area contributed by atoms with Gasteiger partial charge in [-0.2, -0.15) is 0 Å². The van der Waals surface area contributed by atoms with E-state index in [0.29, 0.717) is 35.7 Å². The first kappa shape index (κ1) is 17.9. The van der Waals surface area contributed by atoms with Gasteiger partial charge >= 0.3 is 0 Å². The van der Waals surface area contributed by atoms with Gasteiger partial charge in [-0.25, -0.2) is 23.7 Å². The molecule has 10 heteroatoms. The molecule has 0 radical (unpaired) electrons. The van der Waals surface area contributed by atoms with Crippen molar-refractivity contribution >= 4 is 45.5 Å². The van der Waals surface area contributed by atoms with Crippen molar-refractivity contribution < 1.29 is 8.78 Å². The van der Waals surface area contributed by atoms with E-state index in [9.17, 15) is 8.78 Å². The Hall–Kier alpha value is -2.52. The van der Waals surface area contributed by atoms with Crippen molar-refractivity contribution in [2.45, 2.75) is 13.0 Å². The van der Waals surface area contributed by atoms with Crippen molar-refractivity contribution in [2.75, 3.05) is 28.6 Å². The molecule has 2 aromatic heterocycles. The third-order valence-electron chi connectivity index (χ3n) is 4.11. The van der Waals surface area contributed by atoms with Crippen LogP contribution in [0.3, 0.4) is 0 Å². The summed E-state index contributed by atoms with van der Waals surface area (Å²) in [5.41, 5.74) is 0.101. The van der Waals surface area contributed by atoms with E-state index in [2.05, 4.69) is 25.6 Å². The molecule has 0 bridgehead atoms. The number of nitrogens with zero attached hydrogens (tertiary/aromatic N) is 4. The van der Waals surface area contributed by atoms with Gasteiger partial charge in [-0.05, 0) is 18.6 Å². The van der Waals surface area contributed by atoms with Gasteiger partial charge in [0.1, 0.15) is 11.6 Å². The maximum absolute atomic E-state index is 14.2. The average molecular weight is 409 g/mol. The average Bonchev–Trinajstić information content (AvgIpc) is 3.09. The highest BCUT2D eigenvalue weighted by Gasteiger charge is 2.22. The summed E-state index contributed by atoms with van der Waals surface area (Å²) in [7, 11) is 0. The van der Waals surface area contributed by atoms with Crippen LogP contribution in [0, 0.1) is 11.6 Å². The second-order valence-electron chi connectivity index (χ2n) is 5.91. The monoisotopic (exact) mass is 408 g/mol. The number of fused-ring (bicyclic) bond motifs is 1. The zero-order chi connectivity index (χ0) is 18.8. The summed E-state index contributed by atoms with van der Waals surface area (Å²) in [5.74, 6) is 0.457. The van der Waals surface area contributed by atoms with Gasteiger partial charge in [0.05, 0.1) is 11.2 Å². The van der Waals surface area contributed by atoms with Gasteiger partial charge < -0.3 is 15.5 Å². The Morgan fingerprint density at radius 2 is 2.11 bits per heavy atom. The van der Waals surface area contributed by atoms with E-state index >= 15 is 0 Å². The molecular formula is C17H15ClF2N6S. The number of aromatic nitrogens is 3. The van der Waals surface area contributed by atoms with Crippen molar-refractivity contribution in [3.63, 3.8) is 0 Å². The number of rotatable bonds is 4. The summed E-state index contributed by atoms with van der Waals surface area (Å²) in [6.45, 7) is 1.39. The zero-order valence-corrected chi connectivity index (χ0v) is 15.6. The molecule has 0 amide bonds. The maximum atomic E-state index is 14.2. The zero-order valence-electron chi connectivity index (χ0n) is 14.0. The van der Waals surface area contributed by atoms with Crippen LogP contribution in [-0.4, -0.2) is 28.0 Å². The summed E-state index contributed by atoms with van der Waals surface area (Å²) in [5, 5.41) is 8.63. The molecule has 6 nitrogen and oxygen atoms in total. The van der Waals surface area contributed by atoms with Crippen molar-refractivity contribution in [3.05, 3.63) is 52.1 Å². The molecule has 0 saturated heterocycles. The van der Waals surface area contributed by atoms with Gasteiger partial charge in [-0.3, -0.25) is 0 Å². The Bertz CT molecular complexity index is 953. The lowest BCUT2D eigenvalue weighted by molar-refractivity contribution is 0.580. The normalized spacial score (nSPS) is 13.7. The van der Waals surface area contributed by atoms with Crippen molar-refractivity contribution in [3.8, 4) is 0 Å². The Kier molecular flexibility index (Phi) is 5.04. The summed E-state index contributed by atoms with van der Waals surface area (Å²) in [6.07, 6.45) is 4.08. The molecule has 0 unspecified atom stereocenters. The second kappa shape index (κ2) is 7.61. The molecular weight excluding hydrogens is 394 g/mol. The Balaban J connectivity index is 1.68. The Morgan fingerprint density at radius 3 is 2.93 bits per heavy atom. The summed E-state index contributed by atoms with van der Waals surface area (Å²) < 4.78 is 28.0. The fraction of sp³-hybridized carbons (Fsp3) is 0.235. The fourth-order valence-electron chi connectivity index (χ4n) is 2.82. The SMILES string of the molecule is Fc1ccc(F)c(CN2CCCNc3ncc(Nc4nccs4)nc32)c1Cl. The van der Waals surface area contributed by atoms with E-state index < -0.39 is 11.6 Å². The smallest absolute Gasteiger partial charge is 0.188 e. The number of hydrogen-bond donors (Lipinski definition) is 2. The summed E-state index contributed by atoms with van der Waals surface area (Å²) in [6, 6.07) is 2.11. The van der Waals surface area contributed by atoms with Gasteiger partial charge in [-0.15, -0.1) is 11.3 Å². The molecule has 27 heavy (non-hydrogen) atoms. The van der Waals surface area contributed by atoms with Crippen LogP contribution in [0.2, 0.25) is 5.02 Å². The molecule has 3 heterocycles. The van der Waals surface area contributed by atoms with Crippen molar-refractivity contribution in [1.29, 1.82) is 0 Å². The van der Waals surface area contributed by atoms with E-state index in [4.69, 9.17) is 11.6 Å². The van der Waals surface area contributed by atoms with Gasteiger partial charge in [0.15, 0.2) is 22.6 Å². The van der Waals surface area contributed by atoms with E-state index in [1.165, 1.54) is 11.3 Å². The highest BCUT2D eigenvalue weighted by atomic mass is 35.5. The molecule has 3 aromatic rings. The minimum Gasteiger partial charge on any atom is -0.367 e. The van der Waals surface area contributed by atoms with E-state index in [1.54, 1.807) is 12.4 Å². The topological polar surface area (TPSA) is 66.0 Å². The maximum Gasteiger partial charge on any atom is 0.188 e. The molecule has 0 saturated carbocycles. The highest BCUT2D eigenvalue weighted by Crippen LogP contribution is 2.31. The van der Waals surface area contributed by atoms with E-state index in [-0.39, 0.29) is 17.1 Å². The van der Waals surface area contributed by atoms with Crippen LogP contribution in [-0.2, 0) is 6.54 Å². The fourth-order valence-corrected chi connectivity index (χ4v) is 3.57. The quantitative estimate of drug-likeness (QED) is 0.622. The van der Waals surface area contributed by atoms with Crippen LogP contribution < -0.4 is 15.5 Å². The van der Waals surface area contributed by atoms with Crippen LogP contribution in [0.4, 0.5) is 31.4 Å². The molecule has 0 spiro atoms. The molecule has 1 aliphatic rings. The standard InChI is InChI=1S/C17H15ClF2N6S/c18-14-10(11(19)2-3-12(14)20)9-26-6-1-4-21-15-16(26)24-13(8-23-15)25-17-22-5-7-27-17/h2-3,5,7-8H,1,4,6,9H2,(H,21,23)(H,22,24,25). The molecule has 140 valence electrons. The minimum absolute atomic E-state index is 0.0898. The Morgan fingerprint density at radius 1 is 1.26 bits per heavy atom. The van der Waals surface area contributed by atoms with Gasteiger partial charge in [0.2, 0.25) is 0 Å². The van der Waals surface area contributed by atoms with Gasteiger partial charge in [0.25, 0.3) is 0 Å². The predicted molar refractivity (Wildman–Crippen MR) is 103 cm³/mol. The van der Waals surface area contributed by atoms with E-state index in [0.717, 1.165) is 18.6 Å². The molecule has 1 aliphatic heterocycles. The number of anilines is 4. The van der Waals surface area contributed by atoms with Crippen LogP contribution >= 0.6 is 22.9 Å². The first-order valence-electron chi connectivity index (χ1n) is 8.26. The number of hydrogen-bond acceptors (Lipinski definition) is 7.